The van der Waals surface area contributed by atoms with Crippen molar-refractivity contribution in [3.05, 3.63) is 57.4 Å². The Bertz CT molecular complexity index is 816. The highest BCUT2D eigenvalue weighted by Crippen LogP contribution is 2.12. The van der Waals surface area contributed by atoms with Gasteiger partial charge in [-0.15, -0.1) is 0 Å². The molecular formula is C12H13N3O4S. The van der Waals surface area contributed by atoms with Gasteiger partial charge in [-0.3, -0.25) is 14.3 Å². The zero-order valence-corrected chi connectivity index (χ0v) is 11.5. The molecule has 0 saturated heterocycles. The number of aromatic amines is 1. The van der Waals surface area contributed by atoms with Gasteiger partial charge in [-0.05, 0) is 19.1 Å². The summed E-state index contributed by atoms with van der Waals surface area (Å²) in [5.74, 6) is 0. The second-order valence-electron chi connectivity index (χ2n) is 4.04. The molecule has 0 aliphatic rings. The van der Waals surface area contributed by atoms with Crippen molar-refractivity contribution in [1.29, 1.82) is 0 Å². The van der Waals surface area contributed by atoms with Gasteiger partial charge in [0.15, 0.2) is 0 Å². The van der Waals surface area contributed by atoms with E-state index in [1.807, 2.05) is 0 Å². The summed E-state index contributed by atoms with van der Waals surface area (Å²) in [6.45, 7) is 2.22. The maximum absolute atomic E-state index is 12.1. The van der Waals surface area contributed by atoms with Crippen molar-refractivity contribution in [1.82, 2.24) is 9.55 Å². The number of hydrogen-bond acceptors (Lipinski definition) is 4. The van der Waals surface area contributed by atoms with Crippen LogP contribution in [0.3, 0.4) is 0 Å². The Balaban J connectivity index is 2.35. The summed E-state index contributed by atoms with van der Waals surface area (Å²) in [6.07, 6.45) is 2.53. The Labute approximate surface area is 115 Å². The van der Waals surface area contributed by atoms with Gasteiger partial charge in [0.2, 0.25) is 5.56 Å². The lowest BCUT2D eigenvalue weighted by molar-refractivity contribution is 0.600. The molecule has 0 fully saturated rings. The molecule has 0 saturated carbocycles. The fourth-order valence-electron chi connectivity index (χ4n) is 1.62. The second-order valence-corrected chi connectivity index (χ2v) is 5.72. The van der Waals surface area contributed by atoms with Gasteiger partial charge in [-0.1, -0.05) is 0 Å². The Morgan fingerprint density at radius 3 is 2.55 bits per heavy atom. The molecular weight excluding hydrogens is 282 g/mol. The summed E-state index contributed by atoms with van der Waals surface area (Å²) in [4.78, 5) is 24.6. The SMILES string of the molecule is CCn1cc(NS(=O)(=O)c2ccc(=O)[nH]c2)ccc1=O. The van der Waals surface area contributed by atoms with Crippen LogP contribution in [-0.2, 0) is 16.6 Å². The van der Waals surface area contributed by atoms with E-state index in [0.29, 0.717) is 6.54 Å². The van der Waals surface area contributed by atoms with Gasteiger partial charge in [-0.2, -0.15) is 0 Å². The first-order chi connectivity index (χ1) is 9.42. The largest absolute Gasteiger partial charge is 0.328 e. The smallest absolute Gasteiger partial charge is 0.263 e. The van der Waals surface area contributed by atoms with Gasteiger partial charge in [-0.25, -0.2) is 8.42 Å². The lowest BCUT2D eigenvalue weighted by atomic mass is 10.4. The average molecular weight is 295 g/mol. The Morgan fingerprint density at radius 2 is 1.95 bits per heavy atom. The van der Waals surface area contributed by atoms with E-state index in [0.717, 1.165) is 12.3 Å². The highest BCUT2D eigenvalue weighted by atomic mass is 32.2. The molecule has 106 valence electrons. The van der Waals surface area contributed by atoms with Crippen molar-refractivity contribution in [3.8, 4) is 0 Å². The Kier molecular flexibility index (Phi) is 3.75. The lowest BCUT2D eigenvalue weighted by Crippen LogP contribution is -2.20. The van der Waals surface area contributed by atoms with Crippen molar-refractivity contribution < 1.29 is 8.42 Å². The number of nitrogens with one attached hydrogen (secondary N) is 2. The molecule has 20 heavy (non-hydrogen) atoms. The Hall–Kier alpha value is -2.35. The number of H-pyrrole nitrogens is 1. The fraction of sp³-hybridized carbons (Fsp3) is 0.167. The number of hydrogen-bond donors (Lipinski definition) is 2. The van der Waals surface area contributed by atoms with Crippen LogP contribution in [0.1, 0.15) is 6.92 Å². The van der Waals surface area contributed by atoms with Crippen LogP contribution >= 0.6 is 0 Å². The van der Waals surface area contributed by atoms with Crippen LogP contribution in [0.15, 0.2) is 51.1 Å². The monoisotopic (exact) mass is 295 g/mol. The molecule has 0 bridgehead atoms. The summed E-state index contributed by atoms with van der Waals surface area (Å²) >= 11 is 0. The molecule has 0 atom stereocenters. The van der Waals surface area contributed by atoms with E-state index in [1.165, 1.54) is 29.0 Å². The van der Waals surface area contributed by atoms with Crippen molar-refractivity contribution >= 4 is 15.7 Å². The third kappa shape index (κ3) is 2.97. The topological polar surface area (TPSA) is 101 Å². The van der Waals surface area contributed by atoms with E-state index >= 15 is 0 Å². The van der Waals surface area contributed by atoms with E-state index in [1.54, 1.807) is 6.92 Å². The normalized spacial score (nSPS) is 11.2. The highest BCUT2D eigenvalue weighted by molar-refractivity contribution is 7.92. The summed E-state index contributed by atoms with van der Waals surface area (Å²) < 4.78 is 27.9. The molecule has 2 rings (SSSR count). The number of nitrogens with zero attached hydrogens (tertiary/aromatic N) is 1. The number of sulfonamides is 1. The maximum atomic E-state index is 12.1. The first-order valence-corrected chi connectivity index (χ1v) is 7.33. The van der Waals surface area contributed by atoms with Crippen LogP contribution in [0.5, 0.6) is 0 Å². The molecule has 2 heterocycles. The predicted molar refractivity (Wildman–Crippen MR) is 74.2 cm³/mol. The molecule has 0 aromatic carbocycles. The van der Waals surface area contributed by atoms with E-state index in [2.05, 4.69) is 9.71 Å². The van der Waals surface area contributed by atoms with Crippen LogP contribution in [-0.4, -0.2) is 18.0 Å². The molecule has 0 radical (unpaired) electrons. The van der Waals surface area contributed by atoms with Gasteiger partial charge in [0.05, 0.1) is 5.69 Å². The third-order valence-corrected chi connectivity index (χ3v) is 4.02. The summed E-state index contributed by atoms with van der Waals surface area (Å²) in [5, 5.41) is 0. The van der Waals surface area contributed by atoms with Crippen LogP contribution < -0.4 is 15.8 Å². The molecule has 0 spiro atoms. The number of anilines is 1. The predicted octanol–water partition coefficient (Wildman–Crippen LogP) is 0.357. The van der Waals surface area contributed by atoms with Crippen LogP contribution in [0.4, 0.5) is 5.69 Å². The van der Waals surface area contributed by atoms with Crippen molar-refractivity contribution in [2.45, 2.75) is 18.4 Å². The minimum Gasteiger partial charge on any atom is -0.328 e. The fourth-order valence-corrected chi connectivity index (χ4v) is 2.63. The molecule has 0 aliphatic carbocycles. The Morgan fingerprint density at radius 1 is 1.20 bits per heavy atom. The maximum Gasteiger partial charge on any atom is 0.263 e. The molecule has 0 aliphatic heterocycles. The lowest BCUT2D eigenvalue weighted by Gasteiger charge is -2.09. The molecule has 0 unspecified atom stereocenters. The summed E-state index contributed by atoms with van der Waals surface area (Å²) in [7, 11) is -3.80. The molecule has 0 amide bonds. The zero-order valence-electron chi connectivity index (χ0n) is 10.7. The summed E-state index contributed by atoms with van der Waals surface area (Å²) in [5.41, 5.74) is -0.319. The summed E-state index contributed by atoms with van der Waals surface area (Å²) in [6, 6.07) is 5.00. The number of aromatic nitrogens is 2. The number of pyridine rings is 2. The second kappa shape index (κ2) is 5.33. The van der Waals surface area contributed by atoms with Crippen molar-refractivity contribution in [3.63, 3.8) is 0 Å². The first kappa shape index (κ1) is 14.1. The number of aryl methyl sites for hydroxylation is 1. The van der Waals surface area contributed by atoms with E-state index in [4.69, 9.17) is 0 Å². The molecule has 2 aromatic rings. The van der Waals surface area contributed by atoms with Gasteiger partial charge in [0, 0.05) is 31.1 Å². The van der Waals surface area contributed by atoms with Crippen LogP contribution in [0, 0.1) is 0 Å². The average Bonchev–Trinajstić information content (AvgIpc) is 2.41. The highest BCUT2D eigenvalue weighted by Gasteiger charge is 2.14. The van der Waals surface area contributed by atoms with E-state index < -0.39 is 10.0 Å². The molecule has 2 N–H and O–H groups in total. The van der Waals surface area contributed by atoms with Crippen LogP contribution in [0.25, 0.3) is 0 Å². The first-order valence-electron chi connectivity index (χ1n) is 5.84. The minimum absolute atomic E-state index is 0.0636. The number of rotatable bonds is 4. The van der Waals surface area contributed by atoms with E-state index in [-0.39, 0.29) is 21.7 Å². The molecule has 8 heteroatoms. The quantitative estimate of drug-likeness (QED) is 0.850. The van der Waals surface area contributed by atoms with Crippen molar-refractivity contribution in [2.75, 3.05) is 4.72 Å². The van der Waals surface area contributed by atoms with Gasteiger partial charge >= 0.3 is 0 Å². The molecule has 2 aromatic heterocycles. The third-order valence-electron chi connectivity index (χ3n) is 2.64. The zero-order chi connectivity index (χ0) is 14.8. The molecule has 7 nitrogen and oxygen atoms in total. The van der Waals surface area contributed by atoms with Gasteiger partial charge in [0.1, 0.15) is 4.90 Å². The minimum atomic E-state index is -3.80. The van der Waals surface area contributed by atoms with E-state index in [9.17, 15) is 18.0 Å². The standard InChI is InChI=1S/C12H13N3O4S/c1-2-15-8-9(3-6-12(15)17)14-20(18,19)10-4-5-11(16)13-7-10/h3-8,14H,2H2,1H3,(H,13,16). The van der Waals surface area contributed by atoms with Crippen molar-refractivity contribution in [2.24, 2.45) is 0 Å². The van der Waals surface area contributed by atoms with Gasteiger partial charge < -0.3 is 9.55 Å². The van der Waals surface area contributed by atoms with Gasteiger partial charge in [0.25, 0.3) is 15.6 Å². The van der Waals surface area contributed by atoms with Crippen LogP contribution in [0.2, 0.25) is 0 Å².